The molecule has 6 heteroatoms. The van der Waals surface area contributed by atoms with Gasteiger partial charge in [-0.25, -0.2) is 0 Å². The van der Waals surface area contributed by atoms with Crippen LogP contribution in [0.15, 0.2) is 48.8 Å². The summed E-state index contributed by atoms with van der Waals surface area (Å²) in [6, 6.07) is 10.7. The molecule has 2 aromatic rings. The first-order valence-electron chi connectivity index (χ1n) is 8.34. The van der Waals surface area contributed by atoms with Crippen LogP contribution in [0.5, 0.6) is 5.75 Å². The Morgan fingerprint density at radius 2 is 2.12 bits per heavy atom. The third-order valence-corrected chi connectivity index (χ3v) is 4.24. The van der Waals surface area contributed by atoms with Crippen LogP contribution < -0.4 is 15.4 Å². The Kier molecular flexibility index (Phi) is 5.28. The zero-order chi connectivity index (χ0) is 17.6. The third kappa shape index (κ3) is 4.56. The average Bonchev–Trinajstić information content (AvgIpc) is 2.63. The van der Waals surface area contributed by atoms with Gasteiger partial charge in [-0.3, -0.25) is 14.6 Å². The van der Waals surface area contributed by atoms with Crippen LogP contribution in [0, 0.1) is 0 Å². The number of hydrogen-bond donors (Lipinski definition) is 2. The number of ether oxygens (including phenoxy) is 1. The third-order valence-electron chi connectivity index (χ3n) is 4.24. The van der Waals surface area contributed by atoms with Crippen LogP contribution in [0.4, 0.5) is 0 Å². The Balaban J connectivity index is 1.54. The van der Waals surface area contributed by atoms with E-state index in [0.717, 1.165) is 5.56 Å². The molecule has 1 aromatic heterocycles. The molecule has 0 saturated carbocycles. The SMILES string of the molecule is CC1NC(=O)CCC1NC(=O)c1ccc(OCc2cccnc2)cc1. The number of nitrogens with zero attached hydrogens (tertiary/aromatic N) is 1. The summed E-state index contributed by atoms with van der Waals surface area (Å²) in [6.07, 6.45) is 4.57. The number of pyridine rings is 1. The number of carbonyl (C=O) groups excluding carboxylic acids is 2. The van der Waals surface area contributed by atoms with Crippen molar-refractivity contribution >= 4 is 11.8 Å². The van der Waals surface area contributed by atoms with Crippen molar-refractivity contribution in [2.24, 2.45) is 0 Å². The predicted octanol–water partition coefficient (Wildman–Crippen LogP) is 2.06. The lowest BCUT2D eigenvalue weighted by Gasteiger charge is -2.30. The van der Waals surface area contributed by atoms with Crippen molar-refractivity contribution in [2.75, 3.05) is 0 Å². The van der Waals surface area contributed by atoms with Crippen LogP contribution in [0.1, 0.15) is 35.7 Å². The maximum Gasteiger partial charge on any atom is 0.251 e. The van der Waals surface area contributed by atoms with Crippen LogP contribution in [0.25, 0.3) is 0 Å². The van der Waals surface area contributed by atoms with E-state index >= 15 is 0 Å². The van der Waals surface area contributed by atoms with E-state index in [1.54, 1.807) is 36.7 Å². The molecule has 1 saturated heterocycles. The molecule has 2 atom stereocenters. The van der Waals surface area contributed by atoms with E-state index in [1.807, 2.05) is 19.1 Å². The van der Waals surface area contributed by atoms with Crippen LogP contribution in [0.2, 0.25) is 0 Å². The molecule has 2 unspecified atom stereocenters. The summed E-state index contributed by atoms with van der Waals surface area (Å²) >= 11 is 0. The van der Waals surface area contributed by atoms with E-state index in [9.17, 15) is 9.59 Å². The number of piperidine rings is 1. The molecule has 25 heavy (non-hydrogen) atoms. The van der Waals surface area contributed by atoms with Crippen molar-refractivity contribution in [1.29, 1.82) is 0 Å². The Morgan fingerprint density at radius 3 is 2.80 bits per heavy atom. The summed E-state index contributed by atoms with van der Waals surface area (Å²) in [4.78, 5) is 27.7. The second-order valence-electron chi connectivity index (χ2n) is 6.15. The highest BCUT2D eigenvalue weighted by Gasteiger charge is 2.26. The molecule has 2 heterocycles. The summed E-state index contributed by atoms with van der Waals surface area (Å²) in [6.45, 7) is 2.33. The quantitative estimate of drug-likeness (QED) is 0.874. The van der Waals surface area contributed by atoms with Gasteiger partial charge in [0.05, 0.1) is 0 Å². The van der Waals surface area contributed by atoms with Gasteiger partial charge >= 0.3 is 0 Å². The van der Waals surface area contributed by atoms with Gasteiger partial charge in [-0.2, -0.15) is 0 Å². The molecule has 6 nitrogen and oxygen atoms in total. The first-order valence-corrected chi connectivity index (χ1v) is 8.34. The highest BCUT2D eigenvalue weighted by Crippen LogP contribution is 2.15. The van der Waals surface area contributed by atoms with E-state index in [2.05, 4.69) is 15.6 Å². The molecule has 0 spiro atoms. The van der Waals surface area contributed by atoms with Crippen LogP contribution in [0.3, 0.4) is 0 Å². The molecule has 2 amide bonds. The summed E-state index contributed by atoms with van der Waals surface area (Å²) in [5.74, 6) is 0.582. The predicted molar refractivity (Wildman–Crippen MR) is 93.1 cm³/mol. The summed E-state index contributed by atoms with van der Waals surface area (Å²) in [7, 11) is 0. The van der Waals surface area contributed by atoms with Gasteiger partial charge in [-0.1, -0.05) is 6.07 Å². The maximum absolute atomic E-state index is 12.4. The molecule has 0 aliphatic carbocycles. The molecule has 1 aromatic carbocycles. The molecule has 0 bridgehead atoms. The number of nitrogens with one attached hydrogen (secondary N) is 2. The van der Waals surface area contributed by atoms with Gasteiger partial charge < -0.3 is 15.4 Å². The fraction of sp³-hybridized carbons (Fsp3) is 0.316. The fourth-order valence-electron chi connectivity index (χ4n) is 2.76. The van der Waals surface area contributed by atoms with Gasteiger partial charge in [0.15, 0.2) is 0 Å². The highest BCUT2D eigenvalue weighted by molar-refractivity contribution is 5.94. The van der Waals surface area contributed by atoms with Crippen molar-refractivity contribution in [2.45, 2.75) is 38.5 Å². The average molecular weight is 339 g/mol. The van der Waals surface area contributed by atoms with Gasteiger partial charge in [0, 0.05) is 42.0 Å². The van der Waals surface area contributed by atoms with Gasteiger partial charge in [0.2, 0.25) is 5.91 Å². The molecular weight excluding hydrogens is 318 g/mol. The van der Waals surface area contributed by atoms with Crippen molar-refractivity contribution in [3.05, 3.63) is 59.9 Å². The topological polar surface area (TPSA) is 80.3 Å². The van der Waals surface area contributed by atoms with Gasteiger partial charge in [0.25, 0.3) is 5.91 Å². The smallest absolute Gasteiger partial charge is 0.251 e. The van der Waals surface area contributed by atoms with Crippen LogP contribution >= 0.6 is 0 Å². The maximum atomic E-state index is 12.4. The van der Waals surface area contributed by atoms with E-state index in [0.29, 0.717) is 30.8 Å². The summed E-state index contributed by atoms with van der Waals surface area (Å²) < 4.78 is 5.69. The molecule has 2 N–H and O–H groups in total. The highest BCUT2D eigenvalue weighted by atomic mass is 16.5. The zero-order valence-electron chi connectivity index (χ0n) is 14.1. The van der Waals surface area contributed by atoms with Crippen molar-refractivity contribution in [1.82, 2.24) is 15.6 Å². The zero-order valence-corrected chi connectivity index (χ0v) is 14.1. The van der Waals surface area contributed by atoms with E-state index in [4.69, 9.17) is 4.74 Å². The van der Waals surface area contributed by atoms with Gasteiger partial charge in [-0.15, -0.1) is 0 Å². The second kappa shape index (κ2) is 7.79. The number of amides is 2. The Morgan fingerprint density at radius 1 is 1.32 bits per heavy atom. The van der Waals surface area contributed by atoms with Crippen molar-refractivity contribution in [3.8, 4) is 5.75 Å². The molecule has 130 valence electrons. The largest absolute Gasteiger partial charge is 0.489 e. The monoisotopic (exact) mass is 339 g/mol. The lowest BCUT2D eigenvalue weighted by atomic mass is 9.99. The number of hydrogen-bond acceptors (Lipinski definition) is 4. The molecule has 0 radical (unpaired) electrons. The van der Waals surface area contributed by atoms with Gasteiger partial charge in [-0.05, 0) is 43.7 Å². The summed E-state index contributed by atoms with van der Waals surface area (Å²) in [5.41, 5.74) is 1.55. The van der Waals surface area contributed by atoms with Gasteiger partial charge in [0.1, 0.15) is 12.4 Å². The number of aromatic nitrogens is 1. The lowest BCUT2D eigenvalue weighted by Crippen LogP contribution is -2.53. The van der Waals surface area contributed by atoms with Crippen molar-refractivity contribution in [3.63, 3.8) is 0 Å². The normalized spacial score (nSPS) is 19.8. The molecule has 3 rings (SSSR count). The second-order valence-corrected chi connectivity index (χ2v) is 6.15. The Hall–Kier alpha value is -2.89. The summed E-state index contributed by atoms with van der Waals surface area (Å²) in [5, 5.41) is 5.83. The molecule has 1 aliphatic rings. The number of benzene rings is 1. The Bertz CT molecular complexity index is 731. The minimum atomic E-state index is -0.146. The minimum Gasteiger partial charge on any atom is -0.489 e. The van der Waals surface area contributed by atoms with E-state index in [1.165, 1.54) is 0 Å². The van der Waals surface area contributed by atoms with E-state index < -0.39 is 0 Å². The first-order chi connectivity index (χ1) is 12.1. The molecule has 1 aliphatic heterocycles. The standard InChI is InChI=1S/C19H21N3O3/c1-13-17(8-9-18(23)21-13)22-19(24)15-4-6-16(7-5-15)25-12-14-3-2-10-20-11-14/h2-7,10-11,13,17H,8-9,12H2,1H3,(H,21,23)(H,22,24). The molecule has 1 fully saturated rings. The van der Waals surface area contributed by atoms with Crippen LogP contribution in [-0.4, -0.2) is 28.9 Å². The van der Waals surface area contributed by atoms with Crippen molar-refractivity contribution < 1.29 is 14.3 Å². The first kappa shape index (κ1) is 17.0. The number of carbonyl (C=O) groups is 2. The lowest BCUT2D eigenvalue weighted by molar-refractivity contribution is -0.123. The molecular formula is C19H21N3O3. The minimum absolute atomic E-state index is 0.0353. The van der Waals surface area contributed by atoms with Crippen LogP contribution in [-0.2, 0) is 11.4 Å². The fourth-order valence-corrected chi connectivity index (χ4v) is 2.76. The number of rotatable bonds is 5. The van der Waals surface area contributed by atoms with E-state index in [-0.39, 0.29) is 23.9 Å². The Labute approximate surface area is 146 Å².